The SMILES string of the molecule is CCCCCC/C=C/C/C=C/C/C=C/CCCCCC. The second-order valence-electron chi connectivity index (χ2n) is 5.58. The molecule has 0 heteroatoms. The zero-order chi connectivity index (χ0) is 14.7. The summed E-state index contributed by atoms with van der Waals surface area (Å²) >= 11 is 0. The van der Waals surface area contributed by atoms with Gasteiger partial charge in [-0.25, -0.2) is 0 Å². The predicted molar refractivity (Wildman–Crippen MR) is 94.2 cm³/mol. The van der Waals surface area contributed by atoms with Crippen molar-refractivity contribution in [1.82, 2.24) is 0 Å². The van der Waals surface area contributed by atoms with Gasteiger partial charge in [0.15, 0.2) is 0 Å². The van der Waals surface area contributed by atoms with Crippen molar-refractivity contribution in [2.75, 3.05) is 0 Å². The second-order valence-corrected chi connectivity index (χ2v) is 5.58. The highest BCUT2D eigenvalue weighted by Crippen LogP contribution is 2.04. The van der Waals surface area contributed by atoms with E-state index in [4.69, 9.17) is 0 Å². The molecular weight excluding hydrogens is 240 g/mol. The summed E-state index contributed by atoms with van der Waals surface area (Å²) in [5.74, 6) is 0. The van der Waals surface area contributed by atoms with Gasteiger partial charge < -0.3 is 0 Å². The maximum Gasteiger partial charge on any atom is -0.0169 e. The number of allylic oxidation sites excluding steroid dienone is 6. The van der Waals surface area contributed by atoms with Gasteiger partial charge in [0.2, 0.25) is 0 Å². The molecule has 0 aromatic carbocycles. The van der Waals surface area contributed by atoms with Crippen LogP contribution in [-0.2, 0) is 0 Å². The first kappa shape index (κ1) is 19.2. The van der Waals surface area contributed by atoms with Crippen molar-refractivity contribution < 1.29 is 0 Å². The molecule has 0 rings (SSSR count). The normalized spacial score (nSPS) is 12.3. The van der Waals surface area contributed by atoms with Gasteiger partial charge in [0.05, 0.1) is 0 Å². The topological polar surface area (TPSA) is 0 Å². The van der Waals surface area contributed by atoms with Gasteiger partial charge in [0.1, 0.15) is 0 Å². The Morgan fingerprint density at radius 1 is 0.450 bits per heavy atom. The van der Waals surface area contributed by atoms with E-state index < -0.39 is 0 Å². The standard InChI is InChI=1S/C20H36/c1-3-5-7-9-11-13-15-17-19-20-18-16-14-12-10-8-6-4-2/h13-16,19-20H,3-12,17-18H2,1-2H3/b15-13+,16-14+,20-19+. The lowest BCUT2D eigenvalue weighted by molar-refractivity contribution is 0.674. The molecule has 0 aliphatic heterocycles. The zero-order valence-electron chi connectivity index (χ0n) is 13.9. The summed E-state index contributed by atoms with van der Waals surface area (Å²) in [6.45, 7) is 4.53. The Hall–Kier alpha value is -0.780. The van der Waals surface area contributed by atoms with Crippen LogP contribution in [-0.4, -0.2) is 0 Å². The Labute approximate surface area is 128 Å². The van der Waals surface area contributed by atoms with Crippen LogP contribution in [0.2, 0.25) is 0 Å². The van der Waals surface area contributed by atoms with Crippen molar-refractivity contribution in [2.45, 2.75) is 90.9 Å². The summed E-state index contributed by atoms with van der Waals surface area (Å²) in [7, 11) is 0. The molecule has 0 atom stereocenters. The van der Waals surface area contributed by atoms with Crippen LogP contribution < -0.4 is 0 Å². The van der Waals surface area contributed by atoms with Crippen molar-refractivity contribution in [2.24, 2.45) is 0 Å². The molecule has 0 bridgehead atoms. The number of rotatable bonds is 14. The average Bonchev–Trinajstić information content (AvgIpc) is 2.47. The highest BCUT2D eigenvalue weighted by Gasteiger charge is 1.84. The van der Waals surface area contributed by atoms with Crippen molar-refractivity contribution in [1.29, 1.82) is 0 Å². The van der Waals surface area contributed by atoms with Crippen molar-refractivity contribution in [3.05, 3.63) is 36.5 Å². The molecule has 0 nitrogen and oxygen atoms in total. The van der Waals surface area contributed by atoms with Crippen LogP contribution in [0.3, 0.4) is 0 Å². The summed E-state index contributed by atoms with van der Waals surface area (Å²) in [4.78, 5) is 0. The lowest BCUT2D eigenvalue weighted by Crippen LogP contribution is -1.73. The molecule has 0 amide bonds. The van der Waals surface area contributed by atoms with Crippen molar-refractivity contribution in [3.8, 4) is 0 Å². The van der Waals surface area contributed by atoms with Gasteiger partial charge in [-0.15, -0.1) is 0 Å². The van der Waals surface area contributed by atoms with Gasteiger partial charge in [-0.05, 0) is 38.5 Å². The van der Waals surface area contributed by atoms with E-state index in [9.17, 15) is 0 Å². The molecule has 0 spiro atoms. The van der Waals surface area contributed by atoms with Gasteiger partial charge in [-0.3, -0.25) is 0 Å². The lowest BCUT2D eigenvalue weighted by atomic mass is 10.1. The van der Waals surface area contributed by atoms with Crippen LogP contribution in [0.15, 0.2) is 36.5 Å². The summed E-state index contributed by atoms with van der Waals surface area (Å²) in [6.07, 6.45) is 29.5. The minimum absolute atomic E-state index is 1.10. The summed E-state index contributed by atoms with van der Waals surface area (Å²) in [5.41, 5.74) is 0. The van der Waals surface area contributed by atoms with E-state index in [1.54, 1.807) is 0 Å². The van der Waals surface area contributed by atoms with Gasteiger partial charge in [-0.2, -0.15) is 0 Å². The number of unbranched alkanes of at least 4 members (excludes halogenated alkanes) is 8. The highest BCUT2D eigenvalue weighted by molar-refractivity contribution is 4.97. The Morgan fingerprint density at radius 2 is 0.850 bits per heavy atom. The number of hydrogen-bond acceptors (Lipinski definition) is 0. The average molecular weight is 277 g/mol. The second kappa shape index (κ2) is 18.2. The molecule has 0 radical (unpaired) electrons. The zero-order valence-corrected chi connectivity index (χ0v) is 13.9. The maximum absolute atomic E-state index is 2.34. The molecule has 0 fully saturated rings. The first-order valence-electron chi connectivity index (χ1n) is 8.86. The quantitative estimate of drug-likeness (QED) is 0.229. The fourth-order valence-electron chi connectivity index (χ4n) is 2.16. The van der Waals surface area contributed by atoms with Gasteiger partial charge in [0.25, 0.3) is 0 Å². The van der Waals surface area contributed by atoms with E-state index in [1.807, 2.05) is 0 Å². The molecule has 0 saturated heterocycles. The molecule has 0 aliphatic rings. The molecule has 0 N–H and O–H groups in total. The predicted octanol–water partition coefficient (Wildman–Crippen LogP) is 7.38. The van der Waals surface area contributed by atoms with E-state index in [-0.39, 0.29) is 0 Å². The first-order chi connectivity index (χ1) is 9.91. The minimum atomic E-state index is 1.10. The third kappa shape index (κ3) is 17.2. The number of hydrogen-bond donors (Lipinski definition) is 0. The van der Waals surface area contributed by atoms with Crippen LogP contribution in [0.5, 0.6) is 0 Å². The lowest BCUT2D eigenvalue weighted by Gasteiger charge is -1.93. The highest BCUT2D eigenvalue weighted by atomic mass is 13.9. The fraction of sp³-hybridized carbons (Fsp3) is 0.700. The van der Waals surface area contributed by atoms with Crippen molar-refractivity contribution in [3.63, 3.8) is 0 Å². The molecule has 0 aliphatic carbocycles. The molecule has 0 heterocycles. The monoisotopic (exact) mass is 276 g/mol. The minimum Gasteiger partial charge on any atom is -0.0882 e. The first-order valence-corrected chi connectivity index (χ1v) is 8.86. The Bertz CT molecular complexity index is 219. The summed E-state index contributed by atoms with van der Waals surface area (Å²) in [5, 5.41) is 0. The van der Waals surface area contributed by atoms with E-state index in [2.05, 4.69) is 50.3 Å². The maximum atomic E-state index is 2.34. The van der Waals surface area contributed by atoms with E-state index in [1.165, 1.54) is 64.2 Å². The van der Waals surface area contributed by atoms with E-state index in [0.717, 1.165) is 12.8 Å². The van der Waals surface area contributed by atoms with Gasteiger partial charge in [-0.1, -0.05) is 88.8 Å². The third-order valence-corrected chi connectivity index (χ3v) is 3.49. The van der Waals surface area contributed by atoms with Crippen molar-refractivity contribution >= 4 is 0 Å². The van der Waals surface area contributed by atoms with Gasteiger partial charge >= 0.3 is 0 Å². The summed E-state index contributed by atoms with van der Waals surface area (Å²) < 4.78 is 0. The molecular formula is C20H36. The van der Waals surface area contributed by atoms with E-state index in [0.29, 0.717) is 0 Å². The van der Waals surface area contributed by atoms with Crippen LogP contribution in [0.1, 0.15) is 90.9 Å². The van der Waals surface area contributed by atoms with E-state index >= 15 is 0 Å². The Kier molecular flexibility index (Phi) is 17.5. The molecule has 0 unspecified atom stereocenters. The Balaban J connectivity index is 3.26. The smallest absolute Gasteiger partial charge is 0.0169 e. The van der Waals surface area contributed by atoms with Crippen LogP contribution >= 0.6 is 0 Å². The molecule has 116 valence electrons. The fourth-order valence-corrected chi connectivity index (χ4v) is 2.16. The van der Waals surface area contributed by atoms with Crippen LogP contribution in [0.4, 0.5) is 0 Å². The van der Waals surface area contributed by atoms with Gasteiger partial charge in [0, 0.05) is 0 Å². The molecule has 0 saturated carbocycles. The molecule has 20 heavy (non-hydrogen) atoms. The van der Waals surface area contributed by atoms with Crippen LogP contribution in [0, 0.1) is 0 Å². The largest absolute Gasteiger partial charge is 0.0882 e. The molecule has 0 aromatic heterocycles. The Morgan fingerprint density at radius 3 is 1.25 bits per heavy atom. The summed E-state index contributed by atoms with van der Waals surface area (Å²) in [6, 6.07) is 0. The van der Waals surface area contributed by atoms with Crippen LogP contribution in [0.25, 0.3) is 0 Å². The molecule has 0 aromatic rings. The third-order valence-electron chi connectivity index (χ3n) is 3.49.